The summed E-state index contributed by atoms with van der Waals surface area (Å²) in [5.41, 5.74) is 18.4. The quantitative estimate of drug-likeness (QED) is 0.159. The number of hydrogen-bond acceptors (Lipinski definition) is 1. The molecule has 0 radical (unpaired) electrons. The molecule has 1 aliphatic carbocycles. The minimum atomic E-state index is -0.0898. The van der Waals surface area contributed by atoms with Crippen molar-refractivity contribution in [2.75, 3.05) is 4.90 Å². The predicted octanol–water partition coefficient (Wildman–Crippen LogP) is 15.3. The molecule has 266 valence electrons. The number of hydrogen-bond donors (Lipinski definition) is 0. The van der Waals surface area contributed by atoms with Gasteiger partial charge in [0.1, 0.15) is 0 Å². The van der Waals surface area contributed by atoms with Crippen molar-refractivity contribution in [2.24, 2.45) is 0 Å². The monoisotopic (exact) mass is 715 g/mol. The normalized spacial score (nSPS) is 12.6. The van der Waals surface area contributed by atoms with Crippen molar-refractivity contribution in [1.82, 2.24) is 0 Å². The van der Waals surface area contributed by atoms with Crippen molar-refractivity contribution in [1.29, 1.82) is 0 Å². The third-order valence-corrected chi connectivity index (χ3v) is 11.6. The molecule has 10 rings (SSSR count). The summed E-state index contributed by atoms with van der Waals surface area (Å²) >= 11 is 0. The van der Waals surface area contributed by atoms with E-state index in [4.69, 9.17) is 0 Å². The van der Waals surface area contributed by atoms with Crippen LogP contribution in [0, 0.1) is 0 Å². The standard InChI is InChI=1S/C55H41N/c1-55(2)53-30-9-8-26-51(53)52-29-14-28-50(54(52)55)40-31-33-45(34-32-40)56(47-24-12-22-44(37-47)49-27-13-18-39-17-6-7-25-48(39)49)46-23-11-21-43(36-46)42-20-10-19-41(35-42)38-15-4-3-5-16-38/h3-37H,1-2H3. The van der Waals surface area contributed by atoms with Gasteiger partial charge in [-0.3, -0.25) is 0 Å². The fourth-order valence-corrected chi connectivity index (χ4v) is 8.95. The van der Waals surface area contributed by atoms with E-state index >= 15 is 0 Å². The van der Waals surface area contributed by atoms with E-state index in [1.807, 2.05) is 0 Å². The van der Waals surface area contributed by atoms with E-state index in [0.717, 1.165) is 17.1 Å². The van der Waals surface area contributed by atoms with Crippen LogP contribution in [0.2, 0.25) is 0 Å². The molecule has 1 heteroatoms. The van der Waals surface area contributed by atoms with Gasteiger partial charge in [-0.1, -0.05) is 184 Å². The van der Waals surface area contributed by atoms with Crippen LogP contribution in [-0.4, -0.2) is 0 Å². The van der Waals surface area contributed by atoms with Crippen LogP contribution >= 0.6 is 0 Å². The second-order valence-corrected chi connectivity index (χ2v) is 15.4. The lowest BCUT2D eigenvalue weighted by Gasteiger charge is -2.27. The fraction of sp³-hybridized carbons (Fsp3) is 0.0545. The van der Waals surface area contributed by atoms with Gasteiger partial charge in [0.05, 0.1) is 0 Å². The van der Waals surface area contributed by atoms with Gasteiger partial charge in [-0.05, 0) is 120 Å². The van der Waals surface area contributed by atoms with Crippen molar-refractivity contribution in [3.63, 3.8) is 0 Å². The number of nitrogens with zero attached hydrogens (tertiary/aromatic N) is 1. The SMILES string of the molecule is CC1(C)c2ccccc2-c2cccc(-c3ccc(N(c4cccc(-c5cccc(-c6ccccc6)c5)c4)c4cccc(-c5cccc6ccccc56)c4)cc3)c21. The molecule has 0 saturated carbocycles. The van der Waals surface area contributed by atoms with Crippen LogP contribution in [0.5, 0.6) is 0 Å². The van der Waals surface area contributed by atoms with E-state index in [9.17, 15) is 0 Å². The van der Waals surface area contributed by atoms with Gasteiger partial charge in [0.25, 0.3) is 0 Å². The molecule has 0 aliphatic heterocycles. The maximum Gasteiger partial charge on any atom is 0.0467 e. The summed E-state index contributed by atoms with van der Waals surface area (Å²) in [6.45, 7) is 4.73. The van der Waals surface area contributed by atoms with Crippen LogP contribution in [0.25, 0.3) is 66.4 Å². The molecule has 56 heavy (non-hydrogen) atoms. The molecule has 1 aliphatic rings. The van der Waals surface area contributed by atoms with E-state index in [-0.39, 0.29) is 5.41 Å². The Kier molecular flexibility index (Phi) is 8.23. The number of rotatable bonds is 7. The van der Waals surface area contributed by atoms with Crippen LogP contribution in [0.1, 0.15) is 25.0 Å². The van der Waals surface area contributed by atoms with Gasteiger partial charge in [0, 0.05) is 22.5 Å². The molecule has 0 bridgehead atoms. The molecule has 0 amide bonds. The maximum atomic E-state index is 2.40. The minimum Gasteiger partial charge on any atom is -0.310 e. The van der Waals surface area contributed by atoms with Gasteiger partial charge in [-0.2, -0.15) is 0 Å². The highest BCUT2D eigenvalue weighted by atomic mass is 15.1. The maximum absolute atomic E-state index is 2.40. The highest BCUT2D eigenvalue weighted by Gasteiger charge is 2.37. The Balaban J connectivity index is 1.10. The highest BCUT2D eigenvalue weighted by molar-refractivity contribution is 5.97. The van der Waals surface area contributed by atoms with E-state index in [0.29, 0.717) is 0 Å². The minimum absolute atomic E-state index is 0.0898. The lowest BCUT2D eigenvalue weighted by Crippen LogP contribution is -2.16. The van der Waals surface area contributed by atoms with Crippen molar-refractivity contribution < 1.29 is 0 Å². The number of anilines is 3. The van der Waals surface area contributed by atoms with Crippen LogP contribution in [0.15, 0.2) is 212 Å². The van der Waals surface area contributed by atoms with Crippen LogP contribution in [0.4, 0.5) is 17.1 Å². The summed E-state index contributed by atoms with van der Waals surface area (Å²) in [6.07, 6.45) is 0. The summed E-state index contributed by atoms with van der Waals surface area (Å²) in [6, 6.07) is 77.5. The smallest absolute Gasteiger partial charge is 0.0467 e. The molecule has 0 spiro atoms. The van der Waals surface area contributed by atoms with Crippen LogP contribution in [-0.2, 0) is 5.41 Å². The summed E-state index contributed by atoms with van der Waals surface area (Å²) < 4.78 is 0. The molecular weight excluding hydrogens is 675 g/mol. The Morgan fingerprint density at radius 3 is 1.64 bits per heavy atom. The van der Waals surface area contributed by atoms with Gasteiger partial charge in [0.2, 0.25) is 0 Å². The molecule has 0 fully saturated rings. The average Bonchev–Trinajstić information content (AvgIpc) is 3.50. The molecule has 0 unspecified atom stereocenters. The van der Waals surface area contributed by atoms with Crippen LogP contribution < -0.4 is 4.90 Å². The molecule has 9 aromatic carbocycles. The van der Waals surface area contributed by atoms with Gasteiger partial charge in [-0.25, -0.2) is 0 Å². The summed E-state index contributed by atoms with van der Waals surface area (Å²) in [4.78, 5) is 2.40. The lowest BCUT2D eigenvalue weighted by atomic mass is 9.79. The van der Waals surface area contributed by atoms with Crippen LogP contribution in [0.3, 0.4) is 0 Å². The average molecular weight is 716 g/mol. The van der Waals surface area contributed by atoms with Crippen molar-refractivity contribution in [2.45, 2.75) is 19.3 Å². The first kappa shape index (κ1) is 33.6. The Morgan fingerprint density at radius 2 is 0.839 bits per heavy atom. The van der Waals surface area contributed by atoms with Gasteiger partial charge >= 0.3 is 0 Å². The number of benzene rings is 9. The molecular formula is C55H41N. The molecule has 0 heterocycles. The zero-order valence-corrected chi connectivity index (χ0v) is 31.7. The van der Waals surface area contributed by atoms with Crippen molar-refractivity contribution in [3.05, 3.63) is 223 Å². The number of fused-ring (bicyclic) bond motifs is 4. The van der Waals surface area contributed by atoms with Crippen molar-refractivity contribution in [3.8, 4) is 55.6 Å². The zero-order valence-electron chi connectivity index (χ0n) is 31.7. The Bertz CT molecular complexity index is 2880. The molecule has 0 N–H and O–H groups in total. The largest absolute Gasteiger partial charge is 0.310 e. The summed E-state index contributed by atoms with van der Waals surface area (Å²) in [5, 5.41) is 2.50. The van der Waals surface area contributed by atoms with E-state index in [2.05, 4.69) is 231 Å². The Labute approximate surface area is 329 Å². The van der Waals surface area contributed by atoms with E-state index in [1.54, 1.807) is 0 Å². The molecule has 9 aromatic rings. The first-order valence-electron chi connectivity index (χ1n) is 19.5. The van der Waals surface area contributed by atoms with E-state index < -0.39 is 0 Å². The third kappa shape index (κ3) is 5.81. The molecule has 0 aromatic heterocycles. The Morgan fingerprint density at radius 1 is 0.321 bits per heavy atom. The topological polar surface area (TPSA) is 3.24 Å². The molecule has 0 atom stereocenters. The predicted molar refractivity (Wildman–Crippen MR) is 238 cm³/mol. The second kappa shape index (κ2) is 13.7. The molecule has 0 saturated heterocycles. The van der Waals surface area contributed by atoms with Gasteiger partial charge < -0.3 is 4.90 Å². The summed E-state index contributed by atoms with van der Waals surface area (Å²) in [5.74, 6) is 0. The fourth-order valence-electron chi connectivity index (χ4n) is 8.95. The first-order chi connectivity index (χ1) is 27.5. The van der Waals surface area contributed by atoms with Gasteiger partial charge in [0.15, 0.2) is 0 Å². The first-order valence-corrected chi connectivity index (χ1v) is 19.5. The zero-order chi connectivity index (χ0) is 37.6. The van der Waals surface area contributed by atoms with Gasteiger partial charge in [-0.15, -0.1) is 0 Å². The summed E-state index contributed by atoms with van der Waals surface area (Å²) in [7, 11) is 0. The van der Waals surface area contributed by atoms with E-state index in [1.165, 1.54) is 77.5 Å². The third-order valence-electron chi connectivity index (χ3n) is 11.6. The second-order valence-electron chi connectivity index (χ2n) is 15.4. The molecule has 1 nitrogen and oxygen atoms in total. The lowest BCUT2D eigenvalue weighted by molar-refractivity contribution is 0.662. The van der Waals surface area contributed by atoms with Crippen molar-refractivity contribution >= 4 is 27.8 Å². The highest BCUT2D eigenvalue weighted by Crippen LogP contribution is 2.52. The Hall–Kier alpha value is -6.96.